The van der Waals surface area contributed by atoms with Crippen LogP contribution in [0.5, 0.6) is 5.75 Å². The number of benzene rings is 1. The zero-order valence-corrected chi connectivity index (χ0v) is 17.8. The van der Waals surface area contributed by atoms with Crippen LogP contribution >= 0.6 is 0 Å². The topological polar surface area (TPSA) is 80.5 Å². The summed E-state index contributed by atoms with van der Waals surface area (Å²) in [5, 5.41) is 6.80. The number of ether oxygens (including phenoxy) is 1. The highest BCUT2D eigenvalue weighted by molar-refractivity contribution is 5.92. The van der Waals surface area contributed by atoms with E-state index < -0.39 is 0 Å². The lowest BCUT2D eigenvalue weighted by Gasteiger charge is -2.33. The van der Waals surface area contributed by atoms with Crippen molar-refractivity contribution in [2.24, 2.45) is 0 Å². The smallest absolute Gasteiger partial charge is 0.273 e. The van der Waals surface area contributed by atoms with Crippen LogP contribution in [0.1, 0.15) is 46.3 Å². The molecule has 1 saturated heterocycles. The summed E-state index contributed by atoms with van der Waals surface area (Å²) < 4.78 is 10.8. The Balaban J connectivity index is 1.21. The molecule has 0 aliphatic carbocycles. The number of aromatic nitrogens is 2. The molecule has 4 rings (SSSR count). The van der Waals surface area contributed by atoms with Crippen molar-refractivity contribution in [1.29, 1.82) is 0 Å². The summed E-state index contributed by atoms with van der Waals surface area (Å²) >= 11 is 0. The van der Waals surface area contributed by atoms with E-state index in [1.807, 2.05) is 19.1 Å². The molecule has 1 aromatic carbocycles. The van der Waals surface area contributed by atoms with Gasteiger partial charge in [0.05, 0.1) is 6.20 Å². The van der Waals surface area contributed by atoms with Crippen LogP contribution in [0.25, 0.3) is 0 Å². The Kier molecular flexibility index (Phi) is 6.94. The molecule has 0 unspecified atom stereocenters. The van der Waals surface area contributed by atoms with Crippen molar-refractivity contribution < 1.29 is 14.1 Å². The lowest BCUT2D eigenvalue weighted by atomic mass is 9.91. The third kappa shape index (κ3) is 5.92. The van der Waals surface area contributed by atoms with Crippen LogP contribution in [0.2, 0.25) is 0 Å². The molecule has 1 fully saturated rings. The average Bonchev–Trinajstić information content (AvgIpc) is 3.29. The molecular formula is C24H28N4O3. The molecule has 1 amide bonds. The van der Waals surface area contributed by atoms with Gasteiger partial charge in [0, 0.05) is 31.4 Å². The second-order valence-corrected chi connectivity index (χ2v) is 7.91. The van der Waals surface area contributed by atoms with Crippen molar-refractivity contribution in [2.75, 3.05) is 26.2 Å². The minimum Gasteiger partial charge on any atom is -0.484 e. The average molecular weight is 421 g/mol. The molecule has 31 heavy (non-hydrogen) atoms. The summed E-state index contributed by atoms with van der Waals surface area (Å²) in [5.74, 6) is 1.46. The molecule has 1 aliphatic heterocycles. The molecule has 0 spiro atoms. The predicted octanol–water partition coefficient (Wildman–Crippen LogP) is 3.57. The van der Waals surface area contributed by atoms with Crippen LogP contribution in [-0.4, -0.2) is 47.1 Å². The third-order valence-corrected chi connectivity index (χ3v) is 5.55. The van der Waals surface area contributed by atoms with E-state index in [-0.39, 0.29) is 18.2 Å². The van der Waals surface area contributed by atoms with Crippen LogP contribution < -0.4 is 10.1 Å². The van der Waals surface area contributed by atoms with Gasteiger partial charge in [-0.2, -0.15) is 0 Å². The maximum Gasteiger partial charge on any atom is 0.273 e. The molecule has 7 heteroatoms. The number of amides is 1. The van der Waals surface area contributed by atoms with Gasteiger partial charge in [-0.15, -0.1) is 0 Å². The standard InChI is InChI=1S/C24H28N4O3/c1-18-9-10-21(15-26-18)30-17-22-14-23(27-31-22)24(29)25-11-13-28-12-5-8-20(16-28)19-6-3-2-4-7-19/h2-4,6-7,9-10,14-15,20H,5,8,11-13,16-17H2,1H3,(H,25,29)/t20-/m0/s1. The fourth-order valence-corrected chi connectivity index (χ4v) is 3.86. The van der Waals surface area contributed by atoms with E-state index >= 15 is 0 Å². The normalized spacial score (nSPS) is 16.7. The van der Waals surface area contributed by atoms with Gasteiger partial charge >= 0.3 is 0 Å². The van der Waals surface area contributed by atoms with Crippen molar-refractivity contribution in [3.8, 4) is 5.75 Å². The van der Waals surface area contributed by atoms with E-state index in [1.54, 1.807) is 12.3 Å². The maximum absolute atomic E-state index is 12.4. The van der Waals surface area contributed by atoms with Crippen molar-refractivity contribution in [3.05, 3.63) is 77.4 Å². The molecule has 7 nitrogen and oxygen atoms in total. The number of hydrogen-bond donors (Lipinski definition) is 1. The third-order valence-electron chi connectivity index (χ3n) is 5.55. The number of nitrogens with one attached hydrogen (secondary N) is 1. The molecule has 0 saturated carbocycles. The lowest BCUT2D eigenvalue weighted by molar-refractivity contribution is 0.0936. The van der Waals surface area contributed by atoms with Gasteiger partial charge < -0.3 is 19.5 Å². The number of pyridine rings is 1. The van der Waals surface area contributed by atoms with Crippen molar-refractivity contribution in [1.82, 2.24) is 20.4 Å². The van der Waals surface area contributed by atoms with Gasteiger partial charge in [-0.25, -0.2) is 0 Å². The number of likely N-dealkylation sites (tertiary alicyclic amines) is 1. The number of rotatable bonds is 8. The molecule has 0 radical (unpaired) electrons. The molecule has 3 heterocycles. The fourth-order valence-electron chi connectivity index (χ4n) is 3.86. The summed E-state index contributed by atoms with van der Waals surface area (Å²) in [5.41, 5.74) is 2.59. The van der Waals surface area contributed by atoms with Crippen LogP contribution in [0.4, 0.5) is 0 Å². The minimum atomic E-state index is -0.233. The minimum absolute atomic E-state index is 0.194. The maximum atomic E-state index is 12.4. The van der Waals surface area contributed by atoms with Crippen LogP contribution in [-0.2, 0) is 6.61 Å². The zero-order chi connectivity index (χ0) is 21.5. The molecule has 1 N–H and O–H groups in total. The Morgan fingerprint density at radius 1 is 1.26 bits per heavy atom. The largest absolute Gasteiger partial charge is 0.484 e. The van der Waals surface area contributed by atoms with E-state index in [9.17, 15) is 4.79 Å². The summed E-state index contributed by atoms with van der Waals surface area (Å²) in [6.07, 6.45) is 4.05. The number of aryl methyl sites for hydroxylation is 1. The van der Waals surface area contributed by atoms with Gasteiger partial charge in [-0.1, -0.05) is 35.5 Å². The van der Waals surface area contributed by atoms with Crippen LogP contribution in [0, 0.1) is 6.92 Å². The van der Waals surface area contributed by atoms with E-state index in [4.69, 9.17) is 9.26 Å². The first-order valence-corrected chi connectivity index (χ1v) is 10.7. The van der Waals surface area contributed by atoms with Gasteiger partial charge in [0.25, 0.3) is 5.91 Å². The number of carbonyl (C=O) groups excluding carboxylic acids is 1. The Hall–Kier alpha value is -3.19. The monoisotopic (exact) mass is 420 g/mol. The Bertz CT molecular complexity index is 972. The van der Waals surface area contributed by atoms with Gasteiger partial charge in [0.2, 0.25) is 0 Å². The predicted molar refractivity (Wildman–Crippen MR) is 117 cm³/mol. The fraction of sp³-hybridized carbons (Fsp3) is 0.375. The van der Waals surface area contributed by atoms with Crippen molar-refractivity contribution in [3.63, 3.8) is 0 Å². The number of nitrogens with zero attached hydrogens (tertiary/aromatic N) is 3. The molecule has 2 aromatic heterocycles. The van der Waals surface area contributed by atoms with Gasteiger partial charge in [-0.3, -0.25) is 9.78 Å². The van der Waals surface area contributed by atoms with E-state index in [0.717, 1.165) is 25.3 Å². The number of piperidine rings is 1. The first kappa shape index (κ1) is 21.1. The van der Waals surface area contributed by atoms with E-state index in [2.05, 4.69) is 50.7 Å². The summed E-state index contributed by atoms with van der Waals surface area (Å²) in [6, 6.07) is 16.0. The van der Waals surface area contributed by atoms with E-state index in [1.165, 1.54) is 18.4 Å². The quantitative estimate of drug-likeness (QED) is 0.600. The number of hydrogen-bond acceptors (Lipinski definition) is 6. The summed E-state index contributed by atoms with van der Waals surface area (Å²) in [6.45, 7) is 5.60. The lowest BCUT2D eigenvalue weighted by Crippen LogP contribution is -2.40. The second kappa shape index (κ2) is 10.2. The number of carbonyl (C=O) groups is 1. The highest BCUT2D eigenvalue weighted by Crippen LogP contribution is 2.26. The van der Waals surface area contributed by atoms with Gasteiger partial charge in [0.15, 0.2) is 11.5 Å². The van der Waals surface area contributed by atoms with Crippen LogP contribution in [0.3, 0.4) is 0 Å². The molecule has 1 aliphatic rings. The summed E-state index contributed by atoms with van der Waals surface area (Å²) in [4.78, 5) is 19.0. The zero-order valence-electron chi connectivity index (χ0n) is 17.8. The first-order valence-electron chi connectivity index (χ1n) is 10.7. The molecule has 1 atom stereocenters. The van der Waals surface area contributed by atoms with Crippen LogP contribution in [0.15, 0.2) is 59.3 Å². The van der Waals surface area contributed by atoms with Crippen molar-refractivity contribution >= 4 is 5.91 Å². The highest BCUT2D eigenvalue weighted by atomic mass is 16.5. The summed E-state index contributed by atoms with van der Waals surface area (Å²) in [7, 11) is 0. The highest BCUT2D eigenvalue weighted by Gasteiger charge is 2.21. The molecule has 0 bridgehead atoms. The Morgan fingerprint density at radius 3 is 2.94 bits per heavy atom. The second-order valence-electron chi connectivity index (χ2n) is 7.91. The van der Waals surface area contributed by atoms with Gasteiger partial charge in [0.1, 0.15) is 12.4 Å². The molecule has 162 valence electrons. The molecular weight excluding hydrogens is 392 g/mol. The first-order chi connectivity index (χ1) is 15.2. The van der Waals surface area contributed by atoms with Crippen molar-refractivity contribution in [2.45, 2.75) is 32.3 Å². The Morgan fingerprint density at radius 2 is 2.13 bits per heavy atom. The SMILES string of the molecule is Cc1ccc(OCc2cc(C(=O)NCCN3CCC[C@H](c4ccccc4)C3)no2)cn1. The molecule has 3 aromatic rings. The Labute approximate surface area is 182 Å². The van der Waals surface area contributed by atoms with E-state index in [0.29, 0.717) is 24.0 Å². The van der Waals surface area contributed by atoms with Gasteiger partial charge in [-0.05, 0) is 49.9 Å².